The lowest BCUT2D eigenvalue weighted by Crippen LogP contribution is -2.32. The lowest BCUT2D eigenvalue weighted by atomic mass is 10.1. The summed E-state index contributed by atoms with van der Waals surface area (Å²) in [5, 5.41) is 11.7. The summed E-state index contributed by atoms with van der Waals surface area (Å²) in [7, 11) is 0. The molecule has 0 fully saturated rings. The molecule has 0 aromatic heterocycles. The first-order chi connectivity index (χ1) is 11.9. The summed E-state index contributed by atoms with van der Waals surface area (Å²) >= 11 is 0. The Hall–Kier alpha value is -3.13. The van der Waals surface area contributed by atoms with Gasteiger partial charge in [-0.3, -0.25) is 9.59 Å². The van der Waals surface area contributed by atoms with Gasteiger partial charge in [-0.25, -0.2) is 0 Å². The number of anilines is 2. The van der Waals surface area contributed by atoms with E-state index in [4.69, 9.17) is 5.26 Å². The van der Waals surface area contributed by atoms with Crippen LogP contribution in [0, 0.1) is 25.2 Å². The van der Waals surface area contributed by atoms with Crippen LogP contribution in [0.3, 0.4) is 0 Å². The molecule has 0 bridgehead atoms. The van der Waals surface area contributed by atoms with Gasteiger partial charge >= 0.3 is 0 Å². The van der Waals surface area contributed by atoms with E-state index in [1.807, 2.05) is 38.1 Å². The van der Waals surface area contributed by atoms with E-state index in [0.717, 1.165) is 16.8 Å². The molecule has 25 heavy (non-hydrogen) atoms. The van der Waals surface area contributed by atoms with Crippen molar-refractivity contribution in [1.29, 1.82) is 5.26 Å². The zero-order valence-corrected chi connectivity index (χ0v) is 14.7. The molecule has 2 aromatic rings. The highest BCUT2D eigenvalue weighted by molar-refractivity contribution is 5.95. The van der Waals surface area contributed by atoms with Crippen molar-refractivity contribution in [2.24, 2.45) is 0 Å². The van der Waals surface area contributed by atoms with Gasteiger partial charge in [-0.15, -0.1) is 0 Å². The molecule has 5 nitrogen and oxygen atoms in total. The number of benzene rings is 2. The Morgan fingerprint density at radius 2 is 1.80 bits per heavy atom. The van der Waals surface area contributed by atoms with Crippen LogP contribution in [0.4, 0.5) is 11.4 Å². The molecule has 0 aliphatic rings. The van der Waals surface area contributed by atoms with Crippen LogP contribution in [0.25, 0.3) is 0 Å². The molecule has 2 rings (SSSR count). The predicted molar refractivity (Wildman–Crippen MR) is 98.3 cm³/mol. The quantitative estimate of drug-likeness (QED) is 0.908. The van der Waals surface area contributed by atoms with Crippen molar-refractivity contribution < 1.29 is 9.59 Å². The molecule has 0 spiro atoms. The number of nitrogens with zero attached hydrogens (tertiary/aromatic N) is 2. The van der Waals surface area contributed by atoms with E-state index < -0.39 is 0 Å². The summed E-state index contributed by atoms with van der Waals surface area (Å²) in [6.07, 6.45) is 0.187. The van der Waals surface area contributed by atoms with Crippen LogP contribution in [0.1, 0.15) is 30.0 Å². The summed E-state index contributed by atoms with van der Waals surface area (Å²) in [4.78, 5) is 25.7. The number of aryl methyl sites for hydroxylation is 1. The number of nitriles is 1. The van der Waals surface area contributed by atoms with Gasteiger partial charge in [0.05, 0.1) is 11.6 Å². The number of hydrogen-bond donors (Lipinski definition) is 1. The Morgan fingerprint density at radius 1 is 1.12 bits per heavy atom. The molecule has 128 valence electrons. The van der Waals surface area contributed by atoms with Crippen LogP contribution in [0.5, 0.6) is 0 Å². The third-order valence-electron chi connectivity index (χ3n) is 4.13. The topological polar surface area (TPSA) is 73.2 Å². The maximum atomic E-state index is 12.2. The first-order valence-electron chi connectivity index (χ1n) is 8.06. The maximum absolute atomic E-state index is 12.2. The van der Waals surface area contributed by atoms with Crippen molar-refractivity contribution >= 4 is 23.2 Å². The Balaban J connectivity index is 2.03. The van der Waals surface area contributed by atoms with Crippen LogP contribution >= 0.6 is 0 Å². The molecule has 0 aliphatic carbocycles. The van der Waals surface area contributed by atoms with Crippen LogP contribution < -0.4 is 10.2 Å². The normalized spacial score (nSPS) is 10.0. The number of carbonyl (C=O) groups excluding carboxylic acids is 2. The molecule has 0 radical (unpaired) electrons. The van der Waals surface area contributed by atoms with Crippen LogP contribution in [-0.4, -0.2) is 18.4 Å². The highest BCUT2D eigenvalue weighted by Crippen LogP contribution is 2.19. The number of nitrogens with one attached hydrogen (secondary N) is 1. The highest BCUT2D eigenvalue weighted by atomic mass is 16.2. The number of hydrogen-bond acceptors (Lipinski definition) is 3. The molecule has 2 amide bonds. The second kappa shape index (κ2) is 8.11. The smallest absolute Gasteiger partial charge is 0.226 e. The summed E-state index contributed by atoms with van der Waals surface area (Å²) in [6, 6.07) is 14.5. The average molecular weight is 335 g/mol. The molecule has 0 saturated heterocycles. The van der Waals surface area contributed by atoms with Crippen LogP contribution in [0.15, 0.2) is 42.5 Å². The molecule has 0 aliphatic heterocycles. The summed E-state index contributed by atoms with van der Waals surface area (Å²) in [5.74, 6) is -0.294. The second-order valence-corrected chi connectivity index (χ2v) is 5.87. The second-order valence-electron chi connectivity index (χ2n) is 5.87. The van der Waals surface area contributed by atoms with Crippen molar-refractivity contribution in [3.8, 4) is 6.07 Å². The molecular formula is C20H21N3O2. The Labute approximate surface area is 147 Å². The fourth-order valence-electron chi connectivity index (χ4n) is 2.50. The van der Waals surface area contributed by atoms with Gasteiger partial charge in [0, 0.05) is 31.3 Å². The Morgan fingerprint density at radius 3 is 2.40 bits per heavy atom. The average Bonchev–Trinajstić information content (AvgIpc) is 2.59. The minimum atomic E-state index is -0.149. The zero-order valence-electron chi connectivity index (χ0n) is 14.7. The fourth-order valence-corrected chi connectivity index (χ4v) is 2.50. The lowest BCUT2D eigenvalue weighted by molar-refractivity contribution is -0.117. The first-order valence-corrected chi connectivity index (χ1v) is 8.06. The van der Waals surface area contributed by atoms with E-state index in [0.29, 0.717) is 11.3 Å². The van der Waals surface area contributed by atoms with Crippen molar-refractivity contribution in [1.82, 2.24) is 0 Å². The standard InChI is InChI=1S/C20H21N3O2/c1-14-5-4-6-19(15(14)2)22-20(25)11-12-23(16(3)24)18-9-7-17(13-21)8-10-18/h4-10H,11-12H2,1-3H3,(H,22,25). The number of carbonyl (C=O) groups is 2. The first kappa shape index (κ1) is 18.2. The molecule has 0 heterocycles. The fraction of sp³-hybridized carbons (Fsp3) is 0.250. The summed E-state index contributed by atoms with van der Waals surface area (Å²) in [5.41, 5.74) is 4.14. The van der Waals surface area contributed by atoms with Crippen molar-refractivity contribution in [3.63, 3.8) is 0 Å². The predicted octanol–water partition coefficient (Wildman–Crippen LogP) is 3.56. The third kappa shape index (κ3) is 4.67. The molecule has 0 atom stereocenters. The maximum Gasteiger partial charge on any atom is 0.226 e. The largest absolute Gasteiger partial charge is 0.326 e. The van der Waals surface area contributed by atoms with Gasteiger partial charge in [-0.2, -0.15) is 5.26 Å². The van der Waals surface area contributed by atoms with E-state index in [-0.39, 0.29) is 24.8 Å². The van der Waals surface area contributed by atoms with Crippen molar-refractivity contribution in [3.05, 3.63) is 59.2 Å². The molecule has 2 aromatic carbocycles. The van der Waals surface area contributed by atoms with Gasteiger partial charge < -0.3 is 10.2 Å². The van der Waals surface area contributed by atoms with Crippen molar-refractivity contribution in [2.45, 2.75) is 27.2 Å². The van der Waals surface area contributed by atoms with Gasteiger partial charge in [0.15, 0.2) is 0 Å². The molecular weight excluding hydrogens is 314 g/mol. The minimum absolute atomic E-state index is 0.145. The SMILES string of the molecule is CC(=O)N(CCC(=O)Nc1cccc(C)c1C)c1ccc(C#N)cc1. The van der Waals surface area contributed by atoms with Gasteiger partial charge in [0.25, 0.3) is 0 Å². The minimum Gasteiger partial charge on any atom is -0.326 e. The van der Waals surface area contributed by atoms with E-state index >= 15 is 0 Å². The van der Waals surface area contributed by atoms with Gasteiger partial charge in [-0.05, 0) is 55.3 Å². The number of rotatable bonds is 5. The van der Waals surface area contributed by atoms with E-state index in [1.165, 1.54) is 11.8 Å². The number of amides is 2. The molecule has 0 saturated carbocycles. The zero-order chi connectivity index (χ0) is 18.4. The molecule has 1 N–H and O–H groups in total. The Bertz CT molecular complexity index is 820. The van der Waals surface area contributed by atoms with Crippen molar-refractivity contribution in [2.75, 3.05) is 16.8 Å². The summed E-state index contributed by atoms with van der Waals surface area (Å²) in [6.45, 7) is 5.69. The summed E-state index contributed by atoms with van der Waals surface area (Å²) < 4.78 is 0. The lowest BCUT2D eigenvalue weighted by Gasteiger charge is -2.21. The van der Waals surface area contributed by atoms with Crippen LogP contribution in [0.2, 0.25) is 0 Å². The van der Waals surface area contributed by atoms with Crippen LogP contribution in [-0.2, 0) is 9.59 Å². The van der Waals surface area contributed by atoms with E-state index in [1.54, 1.807) is 24.3 Å². The van der Waals surface area contributed by atoms with E-state index in [9.17, 15) is 9.59 Å². The van der Waals surface area contributed by atoms with Gasteiger partial charge in [0.2, 0.25) is 11.8 Å². The molecule has 0 unspecified atom stereocenters. The highest BCUT2D eigenvalue weighted by Gasteiger charge is 2.14. The van der Waals surface area contributed by atoms with Gasteiger partial charge in [0.1, 0.15) is 0 Å². The van der Waals surface area contributed by atoms with E-state index in [2.05, 4.69) is 5.32 Å². The third-order valence-corrected chi connectivity index (χ3v) is 4.13. The van der Waals surface area contributed by atoms with Gasteiger partial charge in [-0.1, -0.05) is 12.1 Å². The Kier molecular flexibility index (Phi) is 5.91. The monoisotopic (exact) mass is 335 g/mol. The molecule has 5 heteroatoms.